The Kier molecular flexibility index (Phi) is 2.50. The van der Waals surface area contributed by atoms with E-state index in [4.69, 9.17) is 4.74 Å². The lowest BCUT2D eigenvalue weighted by molar-refractivity contribution is 0.0883. The van der Waals surface area contributed by atoms with E-state index in [-0.39, 0.29) is 0 Å². The summed E-state index contributed by atoms with van der Waals surface area (Å²) in [5.41, 5.74) is 4.75. The number of hydrogen-bond acceptors (Lipinski definition) is 3. The molecular formula is C19H15NOS. The maximum atomic E-state index is 6.42. The van der Waals surface area contributed by atoms with Crippen molar-refractivity contribution in [1.29, 1.82) is 0 Å². The van der Waals surface area contributed by atoms with Crippen molar-refractivity contribution in [2.75, 3.05) is 5.32 Å². The van der Waals surface area contributed by atoms with Crippen molar-refractivity contribution in [3.8, 4) is 0 Å². The smallest absolute Gasteiger partial charge is 0.205 e. The van der Waals surface area contributed by atoms with E-state index in [1.54, 1.807) is 11.8 Å². The number of fused-ring (bicyclic) bond motifs is 2. The van der Waals surface area contributed by atoms with Crippen LogP contribution in [0.1, 0.15) is 11.1 Å². The summed E-state index contributed by atoms with van der Waals surface area (Å²) < 4.78 is 6.42. The lowest BCUT2D eigenvalue weighted by Crippen LogP contribution is -2.38. The third kappa shape index (κ3) is 1.82. The van der Waals surface area contributed by atoms with Crippen LogP contribution in [0.15, 0.2) is 76.2 Å². The molecule has 1 unspecified atom stereocenters. The van der Waals surface area contributed by atoms with Crippen molar-refractivity contribution in [1.82, 2.24) is 0 Å². The van der Waals surface area contributed by atoms with Gasteiger partial charge >= 0.3 is 0 Å². The van der Waals surface area contributed by atoms with Gasteiger partial charge in [-0.3, -0.25) is 0 Å². The Balaban J connectivity index is 1.48. The fraction of sp³-hybridized carbons (Fsp3) is 0.158. The molecule has 2 aromatic carbocycles. The van der Waals surface area contributed by atoms with Gasteiger partial charge in [-0.25, -0.2) is 0 Å². The summed E-state index contributed by atoms with van der Waals surface area (Å²) in [6.07, 6.45) is 6.25. The van der Waals surface area contributed by atoms with Crippen LogP contribution in [0, 0.1) is 0 Å². The minimum Gasteiger partial charge on any atom is -0.457 e. The third-order valence-corrected chi connectivity index (χ3v) is 5.61. The second kappa shape index (κ2) is 4.43. The molecule has 3 heteroatoms. The molecule has 5 rings (SSSR count). The number of benzene rings is 2. The van der Waals surface area contributed by atoms with E-state index in [9.17, 15) is 0 Å². The molecule has 3 aliphatic rings. The molecule has 1 N–H and O–H groups in total. The number of nitrogens with one attached hydrogen (secondary N) is 1. The molecule has 3 heterocycles. The Hall–Kier alpha value is -2.13. The van der Waals surface area contributed by atoms with Gasteiger partial charge in [0.25, 0.3) is 0 Å². The number of rotatable bonds is 0. The second-order valence-electron chi connectivity index (χ2n) is 5.98. The average molecular weight is 305 g/mol. The number of para-hydroxylation sites is 1. The molecule has 1 spiro atoms. The fourth-order valence-corrected chi connectivity index (χ4v) is 4.43. The standard InChI is InChI=1S/C19H15NOS/c1-3-7-16-15(6-1)12-19(20-16)10-9-14-11-13-5-2-4-8-17(13)22-18(14)21-19/h1-10,20H,11-12H2. The van der Waals surface area contributed by atoms with Gasteiger partial charge in [-0.15, -0.1) is 0 Å². The predicted molar refractivity (Wildman–Crippen MR) is 89.8 cm³/mol. The zero-order valence-corrected chi connectivity index (χ0v) is 12.8. The average Bonchev–Trinajstić information content (AvgIpc) is 2.90. The Morgan fingerprint density at radius 1 is 1.00 bits per heavy atom. The van der Waals surface area contributed by atoms with Crippen LogP contribution in [0.5, 0.6) is 0 Å². The zero-order chi connectivity index (χ0) is 14.6. The molecule has 0 aromatic heterocycles. The molecule has 0 aliphatic carbocycles. The van der Waals surface area contributed by atoms with Crippen LogP contribution in [-0.2, 0) is 17.6 Å². The van der Waals surface area contributed by atoms with Gasteiger partial charge in [0.2, 0.25) is 5.72 Å². The van der Waals surface area contributed by atoms with Crippen LogP contribution in [0.2, 0.25) is 0 Å². The summed E-state index contributed by atoms with van der Waals surface area (Å²) in [5, 5.41) is 4.59. The lowest BCUT2D eigenvalue weighted by atomic mass is 10.00. The summed E-state index contributed by atoms with van der Waals surface area (Å²) in [6, 6.07) is 17.0. The van der Waals surface area contributed by atoms with Gasteiger partial charge < -0.3 is 10.1 Å². The van der Waals surface area contributed by atoms with Crippen LogP contribution >= 0.6 is 11.8 Å². The van der Waals surface area contributed by atoms with Gasteiger partial charge in [0.1, 0.15) is 0 Å². The topological polar surface area (TPSA) is 21.3 Å². The monoisotopic (exact) mass is 305 g/mol. The highest BCUT2D eigenvalue weighted by molar-refractivity contribution is 8.03. The van der Waals surface area contributed by atoms with E-state index >= 15 is 0 Å². The summed E-state index contributed by atoms with van der Waals surface area (Å²) in [6.45, 7) is 0. The van der Waals surface area contributed by atoms with Crippen LogP contribution < -0.4 is 5.32 Å². The number of thioether (sulfide) groups is 1. The Morgan fingerprint density at radius 2 is 1.82 bits per heavy atom. The zero-order valence-electron chi connectivity index (χ0n) is 12.0. The Bertz CT molecular complexity index is 812. The molecule has 0 saturated heterocycles. The molecular weight excluding hydrogens is 290 g/mol. The highest BCUT2D eigenvalue weighted by Gasteiger charge is 2.40. The van der Waals surface area contributed by atoms with E-state index < -0.39 is 5.72 Å². The van der Waals surface area contributed by atoms with E-state index in [0.29, 0.717) is 0 Å². The molecule has 0 bridgehead atoms. The molecule has 0 saturated carbocycles. The van der Waals surface area contributed by atoms with Gasteiger partial charge in [0.05, 0.1) is 0 Å². The van der Waals surface area contributed by atoms with Crippen molar-refractivity contribution in [3.63, 3.8) is 0 Å². The highest BCUT2D eigenvalue weighted by Crippen LogP contribution is 2.46. The first-order valence-electron chi connectivity index (χ1n) is 7.55. The molecule has 108 valence electrons. The molecule has 0 radical (unpaired) electrons. The van der Waals surface area contributed by atoms with Crippen LogP contribution in [-0.4, -0.2) is 5.72 Å². The number of anilines is 1. The lowest BCUT2D eigenvalue weighted by Gasteiger charge is -2.35. The van der Waals surface area contributed by atoms with Crippen molar-refractivity contribution in [3.05, 3.63) is 82.5 Å². The van der Waals surface area contributed by atoms with E-state index in [1.807, 2.05) is 0 Å². The maximum Gasteiger partial charge on any atom is 0.205 e. The summed E-state index contributed by atoms with van der Waals surface area (Å²) in [7, 11) is 0. The van der Waals surface area contributed by atoms with Gasteiger partial charge in [0.15, 0.2) is 5.09 Å². The molecule has 0 fully saturated rings. The number of allylic oxidation sites excluding steroid dienone is 2. The first kappa shape index (κ1) is 12.4. The predicted octanol–water partition coefficient (Wildman–Crippen LogP) is 4.50. The normalized spacial score (nSPS) is 24.4. The summed E-state index contributed by atoms with van der Waals surface area (Å²) in [4.78, 5) is 1.31. The Labute approximate surface area is 133 Å². The van der Waals surface area contributed by atoms with E-state index in [1.165, 1.54) is 27.3 Å². The first-order chi connectivity index (χ1) is 10.8. The van der Waals surface area contributed by atoms with Crippen molar-refractivity contribution in [2.24, 2.45) is 0 Å². The fourth-order valence-electron chi connectivity index (χ4n) is 3.35. The van der Waals surface area contributed by atoms with Crippen molar-refractivity contribution < 1.29 is 4.74 Å². The van der Waals surface area contributed by atoms with Crippen LogP contribution in [0.25, 0.3) is 0 Å². The molecule has 2 aromatic rings. The van der Waals surface area contributed by atoms with Gasteiger partial charge in [-0.1, -0.05) is 54.2 Å². The van der Waals surface area contributed by atoms with Gasteiger partial charge in [0, 0.05) is 29.0 Å². The number of hydrogen-bond donors (Lipinski definition) is 1. The Morgan fingerprint density at radius 3 is 2.73 bits per heavy atom. The first-order valence-corrected chi connectivity index (χ1v) is 8.36. The minimum absolute atomic E-state index is 0.415. The van der Waals surface area contributed by atoms with Gasteiger partial charge in [-0.2, -0.15) is 0 Å². The van der Waals surface area contributed by atoms with Crippen LogP contribution in [0.3, 0.4) is 0 Å². The number of ether oxygens (including phenoxy) is 1. The van der Waals surface area contributed by atoms with Crippen molar-refractivity contribution >= 4 is 17.4 Å². The molecule has 22 heavy (non-hydrogen) atoms. The SMILES string of the molecule is C1=CC2(Cc3ccccc3N2)OC2=C1Cc1ccccc1S2. The summed E-state index contributed by atoms with van der Waals surface area (Å²) >= 11 is 1.75. The molecule has 1 atom stereocenters. The van der Waals surface area contributed by atoms with E-state index in [0.717, 1.165) is 17.9 Å². The second-order valence-corrected chi connectivity index (χ2v) is 7.00. The van der Waals surface area contributed by atoms with Gasteiger partial charge in [-0.05, 0) is 29.3 Å². The third-order valence-electron chi connectivity index (χ3n) is 4.46. The molecule has 2 nitrogen and oxygen atoms in total. The molecule has 0 amide bonds. The summed E-state index contributed by atoms with van der Waals surface area (Å²) in [5.74, 6) is 0. The molecule has 3 aliphatic heterocycles. The van der Waals surface area contributed by atoms with E-state index in [2.05, 4.69) is 66.0 Å². The van der Waals surface area contributed by atoms with Crippen LogP contribution in [0.4, 0.5) is 5.69 Å². The highest BCUT2D eigenvalue weighted by atomic mass is 32.2. The minimum atomic E-state index is -0.415. The quantitative estimate of drug-likeness (QED) is 0.774. The maximum absolute atomic E-state index is 6.42. The van der Waals surface area contributed by atoms with Crippen molar-refractivity contribution in [2.45, 2.75) is 23.5 Å². The largest absolute Gasteiger partial charge is 0.457 e.